The predicted molar refractivity (Wildman–Crippen MR) is 93.1 cm³/mol. The normalized spacial score (nSPS) is 10.4. The van der Waals surface area contributed by atoms with E-state index in [-0.39, 0.29) is 18.1 Å². The molecule has 0 aliphatic carbocycles. The lowest BCUT2D eigenvalue weighted by Gasteiger charge is -2.11. The average Bonchev–Trinajstić information content (AvgIpc) is 3.15. The number of rotatable bonds is 6. The van der Waals surface area contributed by atoms with Gasteiger partial charge in [0.2, 0.25) is 5.82 Å². The van der Waals surface area contributed by atoms with E-state index in [4.69, 9.17) is 18.7 Å². The fourth-order valence-electron chi connectivity index (χ4n) is 2.39. The van der Waals surface area contributed by atoms with Gasteiger partial charge >= 0.3 is 5.97 Å². The Bertz CT molecular complexity index is 880. The van der Waals surface area contributed by atoms with Crippen molar-refractivity contribution in [2.45, 2.75) is 13.5 Å². The zero-order valence-electron chi connectivity index (χ0n) is 14.7. The second kappa shape index (κ2) is 7.69. The molecule has 0 saturated carbocycles. The second-order valence-electron chi connectivity index (χ2n) is 5.49. The lowest BCUT2D eigenvalue weighted by atomic mass is 10.1. The number of methoxy groups -OCH3 is 2. The Hall–Kier alpha value is -3.35. The molecule has 0 spiro atoms. The molecule has 0 aliphatic rings. The number of carbonyl (C=O) groups excluding carboxylic acids is 1. The standard InChI is InChI=1S/C19H18N2O5/c1-12-7-9-13(10-8-12)18-20-16(26-21-18)11-25-19(22)17-14(23-2)5-4-6-15(17)24-3/h4-10H,11H2,1-3H3. The summed E-state index contributed by atoms with van der Waals surface area (Å²) in [6.45, 7) is 1.84. The van der Waals surface area contributed by atoms with Crippen LogP contribution in [0.4, 0.5) is 0 Å². The van der Waals surface area contributed by atoms with Crippen LogP contribution in [0.5, 0.6) is 11.5 Å². The number of carbonyl (C=O) groups is 1. The monoisotopic (exact) mass is 354 g/mol. The summed E-state index contributed by atoms with van der Waals surface area (Å²) >= 11 is 0. The predicted octanol–water partition coefficient (Wildman–Crippen LogP) is 3.42. The zero-order valence-corrected chi connectivity index (χ0v) is 14.7. The molecule has 0 fully saturated rings. The van der Waals surface area contributed by atoms with Gasteiger partial charge in [-0.2, -0.15) is 4.98 Å². The van der Waals surface area contributed by atoms with Crippen LogP contribution in [0.25, 0.3) is 11.4 Å². The minimum atomic E-state index is -0.602. The van der Waals surface area contributed by atoms with Crippen molar-refractivity contribution in [3.8, 4) is 22.9 Å². The molecule has 7 nitrogen and oxygen atoms in total. The molecule has 2 aromatic carbocycles. The molecule has 26 heavy (non-hydrogen) atoms. The minimum Gasteiger partial charge on any atom is -0.496 e. The van der Waals surface area contributed by atoms with Crippen molar-refractivity contribution in [1.29, 1.82) is 0 Å². The summed E-state index contributed by atoms with van der Waals surface area (Å²) in [5, 5.41) is 3.91. The van der Waals surface area contributed by atoms with Gasteiger partial charge in [-0.25, -0.2) is 4.79 Å². The summed E-state index contributed by atoms with van der Waals surface area (Å²) in [4.78, 5) is 16.7. The number of aryl methyl sites for hydroxylation is 1. The summed E-state index contributed by atoms with van der Waals surface area (Å²) in [7, 11) is 2.94. The van der Waals surface area contributed by atoms with Crippen LogP contribution in [0.1, 0.15) is 21.8 Å². The summed E-state index contributed by atoms with van der Waals surface area (Å²) < 4.78 is 20.8. The first-order chi connectivity index (χ1) is 12.6. The van der Waals surface area contributed by atoms with Crippen LogP contribution in [0, 0.1) is 6.92 Å². The van der Waals surface area contributed by atoms with Gasteiger partial charge in [-0.05, 0) is 19.1 Å². The number of benzene rings is 2. The number of hydrogen-bond acceptors (Lipinski definition) is 7. The number of hydrogen-bond donors (Lipinski definition) is 0. The van der Waals surface area contributed by atoms with E-state index in [2.05, 4.69) is 10.1 Å². The Morgan fingerprint density at radius 3 is 2.31 bits per heavy atom. The SMILES string of the molecule is COc1cccc(OC)c1C(=O)OCc1nc(-c2ccc(C)cc2)no1. The molecule has 0 N–H and O–H groups in total. The lowest BCUT2D eigenvalue weighted by Crippen LogP contribution is -2.09. The van der Waals surface area contributed by atoms with Gasteiger partial charge in [-0.1, -0.05) is 41.1 Å². The van der Waals surface area contributed by atoms with Gasteiger partial charge in [0.05, 0.1) is 14.2 Å². The fourth-order valence-corrected chi connectivity index (χ4v) is 2.39. The maximum Gasteiger partial charge on any atom is 0.346 e. The van der Waals surface area contributed by atoms with Crippen molar-refractivity contribution in [3.63, 3.8) is 0 Å². The molecule has 1 heterocycles. The van der Waals surface area contributed by atoms with E-state index in [1.165, 1.54) is 14.2 Å². The number of ether oxygens (including phenoxy) is 3. The topological polar surface area (TPSA) is 83.7 Å². The largest absolute Gasteiger partial charge is 0.496 e. The molecule has 0 unspecified atom stereocenters. The molecule has 0 aliphatic heterocycles. The van der Waals surface area contributed by atoms with Gasteiger partial charge in [0.25, 0.3) is 5.89 Å². The molecular weight excluding hydrogens is 336 g/mol. The van der Waals surface area contributed by atoms with Gasteiger partial charge in [-0.3, -0.25) is 0 Å². The zero-order chi connectivity index (χ0) is 18.5. The third-order valence-electron chi connectivity index (χ3n) is 3.74. The molecule has 0 amide bonds. The van der Waals surface area contributed by atoms with Crippen molar-refractivity contribution in [3.05, 3.63) is 59.5 Å². The quantitative estimate of drug-likeness (QED) is 0.627. The van der Waals surface area contributed by atoms with Crippen LogP contribution >= 0.6 is 0 Å². The number of nitrogens with zero attached hydrogens (tertiary/aromatic N) is 2. The van der Waals surface area contributed by atoms with E-state index in [9.17, 15) is 4.79 Å². The second-order valence-corrected chi connectivity index (χ2v) is 5.49. The molecule has 3 rings (SSSR count). The Kier molecular flexibility index (Phi) is 5.17. The third kappa shape index (κ3) is 3.66. The maximum absolute atomic E-state index is 12.4. The van der Waals surface area contributed by atoms with Crippen LogP contribution in [0.2, 0.25) is 0 Å². The van der Waals surface area contributed by atoms with E-state index in [0.29, 0.717) is 17.3 Å². The highest BCUT2D eigenvalue weighted by Crippen LogP contribution is 2.29. The van der Waals surface area contributed by atoms with Crippen LogP contribution in [0.15, 0.2) is 47.0 Å². The van der Waals surface area contributed by atoms with Crippen LogP contribution in [0.3, 0.4) is 0 Å². The van der Waals surface area contributed by atoms with Crippen molar-refractivity contribution >= 4 is 5.97 Å². The first-order valence-electron chi connectivity index (χ1n) is 7.90. The maximum atomic E-state index is 12.4. The highest BCUT2D eigenvalue weighted by Gasteiger charge is 2.20. The molecule has 7 heteroatoms. The average molecular weight is 354 g/mol. The van der Waals surface area contributed by atoms with E-state index in [0.717, 1.165) is 11.1 Å². The number of esters is 1. The first kappa shape index (κ1) is 17.5. The van der Waals surface area contributed by atoms with Crippen LogP contribution < -0.4 is 9.47 Å². The van der Waals surface area contributed by atoms with E-state index >= 15 is 0 Å². The van der Waals surface area contributed by atoms with E-state index < -0.39 is 5.97 Å². The third-order valence-corrected chi connectivity index (χ3v) is 3.74. The Morgan fingerprint density at radius 1 is 1.04 bits per heavy atom. The Labute approximate surface area is 150 Å². The molecule has 0 bridgehead atoms. The minimum absolute atomic E-state index is 0.154. The van der Waals surface area contributed by atoms with Crippen LogP contribution in [-0.4, -0.2) is 30.3 Å². The molecule has 0 radical (unpaired) electrons. The lowest BCUT2D eigenvalue weighted by molar-refractivity contribution is 0.0422. The molecule has 0 saturated heterocycles. The van der Waals surface area contributed by atoms with E-state index in [1.807, 2.05) is 31.2 Å². The van der Waals surface area contributed by atoms with Gasteiger partial charge in [0.1, 0.15) is 17.1 Å². The molecule has 134 valence electrons. The molecule has 0 atom stereocenters. The Morgan fingerprint density at radius 2 is 1.69 bits per heavy atom. The fraction of sp³-hybridized carbons (Fsp3) is 0.211. The summed E-state index contributed by atoms with van der Waals surface area (Å²) in [6, 6.07) is 12.7. The summed E-state index contributed by atoms with van der Waals surface area (Å²) in [6.07, 6.45) is 0. The molecule has 1 aromatic heterocycles. The highest BCUT2D eigenvalue weighted by atomic mass is 16.6. The van der Waals surface area contributed by atoms with Gasteiger partial charge in [0, 0.05) is 5.56 Å². The summed E-state index contributed by atoms with van der Waals surface area (Å²) in [5.74, 6) is 0.753. The van der Waals surface area contributed by atoms with Crippen LogP contribution in [-0.2, 0) is 11.3 Å². The van der Waals surface area contributed by atoms with Crippen molar-refractivity contribution in [2.75, 3.05) is 14.2 Å². The van der Waals surface area contributed by atoms with Gasteiger partial charge < -0.3 is 18.7 Å². The van der Waals surface area contributed by atoms with Crippen molar-refractivity contribution < 1.29 is 23.5 Å². The molecule has 3 aromatic rings. The Balaban J connectivity index is 1.72. The molecular formula is C19H18N2O5. The van der Waals surface area contributed by atoms with Crippen molar-refractivity contribution in [1.82, 2.24) is 10.1 Å². The smallest absolute Gasteiger partial charge is 0.346 e. The first-order valence-corrected chi connectivity index (χ1v) is 7.90. The van der Waals surface area contributed by atoms with E-state index in [1.54, 1.807) is 18.2 Å². The number of aromatic nitrogens is 2. The summed E-state index contributed by atoms with van der Waals surface area (Å²) in [5.41, 5.74) is 2.16. The van der Waals surface area contributed by atoms with Crippen molar-refractivity contribution in [2.24, 2.45) is 0 Å². The van der Waals surface area contributed by atoms with Gasteiger partial charge in [-0.15, -0.1) is 0 Å². The van der Waals surface area contributed by atoms with Gasteiger partial charge in [0.15, 0.2) is 6.61 Å². The highest BCUT2D eigenvalue weighted by molar-refractivity contribution is 5.95.